The number of nitrogens with zero attached hydrogens (tertiary/aromatic N) is 1. The molecule has 1 aromatic rings. The van der Waals surface area contributed by atoms with Crippen molar-refractivity contribution in [2.75, 3.05) is 13.1 Å². The van der Waals surface area contributed by atoms with Crippen molar-refractivity contribution >= 4 is 11.8 Å². The van der Waals surface area contributed by atoms with Gasteiger partial charge < -0.3 is 20.1 Å². The first-order valence-electron chi connectivity index (χ1n) is 10.1. The summed E-state index contributed by atoms with van der Waals surface area (Å²) < 4.78 is 6.36. The van der Waals surface area contributed by atoms with E-state index >= 15 is 0 Å². The number of ether oxygens (including phenoxy) is 1. The molecule has 1 spiro atoms. The Balaban J connectivity index is 1.36. The summed E-state index contributed by atoms with van der Waals surface area (Å²) in [5.41, 5.74) is -0.0912. The number of aliphatic hydroxyl groups excluding tert-OH is 1. The molecule has 3 saturated carbocycles. The summed E-state index contributed by atoms with van der Waals surface area (Å²) in [6.07, 6.45) is 4.66. The van der Waals surface area contributed by atoms with Gasteiger partial charge in [0.15, 0.2) is 5.72 Å². The van der Waals surface area contributed by atoms with Crippen LogP contribution in [0.5, 0.6) is 5.75 Å². The average molecular weight is 370 g/mol. The van der Waals surface area contributed by atoms with Crippen LogP contribution in [0.2, 0.25) is 0 Å². The van der Waals surface area contributed by atoms with Crippen molar-refractivity contribution < 1.29 is 19.4 Å². The number of fused-ring (bicyclic) bond motifs is 3. The highest BCUT2D eigenvalue weighted by atomic mass is 16.5. The lowest BCUT2D eigenvalue weighted by Gasteiger charge is -2.55. The largest absolute Gasteiger partial charge is 0.467 e. The van der Waals surface area contributed by atoms with Gasteiger partial charge in [0.2, 0.25) is 5.91 Å². The Hall–Kier alpha value is -2.08. The van der Waals surface area contributed by atoms with Crippen LogP contribution in [0.15, 0.2) is 24.3 Å². The molecule has 1 aromatic carbocycles. The maximum atomic E-state index is 13.1. The minimum Gasteiger partial charge on any atom is -0.467 e. The van der Waals surface area contributed by atoms with E-state index in [0.29, 0.717) is 24.3 Å². The number of hydrogen-bond acceptors (Lipinski definition) is 4. The number of nitrogens with one attached hydrogen (secondary N) is 1. The molecule has 2 N–H and O–H groups in total. The molecule has 6 heteroatoms. The van der Waals surface area contributed by atoms with Crippen LogP contribution in [0.1, 0.15) is 48.9 Å². The number of piperidine rings is 1. The zero-order valence-corrected chi connectivity index (χ0v) is 15.4. The summed E-state index contributed by atoms with van der Waals surface area (Å²) >= 11 is 0. The third-order valence-electron chi connectivity index (χ3n) is 6.99. The van der Waals surface area contributed by atoms with E-state index in [0.717, 1.165) is 38.6 Å². The normalized spacial score (nSPS) is 37.5. The summed E-state index contributed by atoms with van der Waals surface area (Å²) in [6.45, 7) is 1.20. The summed E-state index contributed by atoms with van der Waals surface area (Å²) in [6, 6.07) is 7.37. The van der Waals surface area contributed by atoms with E-state index in [4.69, 9.17) is 4.74 Å². The van der Waals surface area contributed by atoms with E-state index in [9.17, 15) is 14.7 Å². The van der Waals surface area contributed by atoms with Crippen molar-refractivity contribution in [2.45, 2.75) is 50.4 Å². The number of rotatable bonds is 1. The molecule has 0 aromatic heterocycles. The molecular weight excluding hydrogens is 344 g/mol. The van der Waals surface area contributed by atoms with Gasteiger partial charge in [0.05, 0.1) is 11.7 Å². The minimum atomic E-state index is -0.674. The van der Waals surface area contributed by atoms with Gasteiger partial charge >= 0.3 is 0 Å². The molecule has 27 heavy (non-hydrogen) atoms. The Kier molecular flexibility index (Phi) is 3.93. The second-order valence-electron chi connectivity index (χ2n) is 8.60. The van der Waals surface area contributed by atoms with Crippen molar-refractivity contribution in [2.24, 2.45) is 17.8 Å². The standard InChI is InChI=1S/C21H26N2O4/c24-15-4-3-9-23(12-15)20(26)17-10-14-8-7-13(17)11-21(14)22-19(25)16-5-1-2-6-18(16)27-21/h1-2,5-6,13-15,17,24H,3-4,7-12H2,(H,22,25)/t13-,14-,15+,17+,21+/m1/s1. The van der Waals surface area contributed by atoms with Gasteiger partial charge in [-0.05, 0) is 50.2 Å². The van der Waals surface area contributed by atoms with Crippen molar-refractivity contribution in [3.8, 4) is 5.75 Å². The first-order chi connectivity index (χ1) is 13.1. The fourth-order valence-corrected chi connectivity index (χ4v) is 5.65. The second-order valence-corrected chi connectivity index (χ2v) is 8.60. The van der Waals surface area contributed by atoms with Gasteiger partial charge in [0.1, 0.15) is 5.75 Å². The van der Waals surface area contributed by atoms with Crippen LogP contribution < -0.4 is 10.1 Å². The van der Waals surface area contributed by atoms with Gasteiger partial charge in [-0.15, -0.1) is 0 Å². The maximum absolute atomic E-state index is 13.1. The predicted molar refractivity (Wildman–Crippen MR) is 98.0 cm³/mol. The Bertz CT molecular complexity index is 781. The zero-order valence-electron chi connectivity index (χ0n) is 15.4. The van der Waals surface area contributed by atoms with E-state index in [1.54, 1.807) is 6.07 Å². The Morgan fingerprint density at radius 2 is 2.11 bits per heavy atom. The minimum absolute atomic E-state index is 0.0163. The molecule has 5 aliphatic rings. The first kappa shape index (κ1) is 17.0. The highest BCUT2D eigenvalue weighted by molar-refractivity contribution is 5.98. The molecule has 6 nitrogen and oxygen atoms in total. The summed E-state index contributed by atoms with van der Waals surface area (Å²) in [7, 11) is 0. The predicted octanol–water partition coefficient (Wildman–Crippen LogP) is 1.92. The Morgan fingerprint density at radius 1 is 1.26 bits per heavy atom. The third-order valence-corrected chi connectivity index (χ3v) is 6.99. The summed E-state index contributed by atoms with van der Waals surface area (Å²) in [5, 5.41) is 13.1. The highest BCUT2D eigenvalue weighted by Gasteiger charge is 2.57. The van der Waals surface area contributed by atoms with E-state index in [-0.39, 0.29) is 29.6 Å². The number of aliphatic hydroxyl groups is 1. The number of hydrogen-bond donors (Lipinski definition) is 2. The Labute approximate surface area is 158 Å². The number of likely N-dealkylation sites (tertiary alicyclic amines) is 1. The fourth-order valence-electron chi connectivity index (χ4n) is 5.65. The van der Waals surface area contributed by atoms with Gasteiger partial charge in [0.25, 0.3) is 5.91 Å². The second kappa shape index (κ2) is 6.23. The van der Waals surface area contributed by atoms with Crippen LogP contribution in [0, 0.1) is 17.8 Å². The Morgan fingerprint density at radius 3 is 2.89 bits per heavy atom. The number of β-amino-alcohol motifs (C(OH)–C–C–N with tert-alkyl or cyclic N) is 1. The van der Waals surface area contributed by atoms with Gasteiger partial charge in [-0.25, -0.2) is 0 Å². The van der Waals surface area contributed by atoms with Crippen molar-refractivity contribution in [3.63, 3.8) is 0 Å². The van der Waals surface area contributed by atoms with Crippen LogP contribution in [0.25, 0.3) is 0 Å². The van der Waals surface area contributed by atoms with Crippen LogP contribution in [0.3, 0.4) is 0 Å². The molecule has 4 fully saturated rings. The molecule has 2 aliphatic heterocycles. The quantitative estimate of drug-likeness (QED) is 0.792. The van der Waals surface area contributed by atoms with Gasteiger partial charge in [0, 0.05) is 31.3 Å². The van der Waals surface area contributed by atoms with E-state index < -0.39 is 11.8 Å². The lowest BCUT2D eigenvalue weighted by Crippen LogP contribution is -2.67. The molecule has 2 heterocycles. The smallest absolute Gasteiger partial charge is 0.258 e. The summed E-state index contributed by atoms with van der Waals surface area (Å²) in [4.78, 5) is 27.6. The monoisotopic (exact) mass is 370 g/mol. The van der Waals surface area contributed by atoms with Crippen molar-refractivity contribution in [1.82, 2.24) is 10.2 Å². The SMILES string of the molecule is O=C1N[C@@]2(C[C@H]3CC[C@@H]2C[C@@H]3C(=O)N2CCC[C@H](O)C2)Oc2ccccc21. The molecule has 6 rings (SSSR count). The molecule has 2 amide bonds. The molecule has 0 unspecified atom stereocenters. The molecule has 0 radical (unpaired) electrons. The first-order valence-corrected chi connectivity index (χ1v) is 10.1. The zero-order chi connectivity index (χ0) is 18.6. The van der Waals surface area contributed by atoms with E-state index in [2.05, 4.69) is 5.32 Å². The van der Waals surface area contributed by atoms with E-state index in [1.165, 1.54) is 0 Å². The topological polar surface area (TPSA) is 78.9 Å². The molecule has 5 atom stereocenters. The molecule has 1 saturated heterocycles. The molecule has 3 aliphatic carbocycles. The number of carbonyl (C=O) groups excluding carboxylic acids is 2. The fraction of sp³-hybridized carbons (Fsp3) is 0.619. The van der Waals surface area contributed by atoms with Crippen LogP contribution in [-0.4, -0.2) is 46.7 Å². The number of benzene rings is 1. The van der Waals surface area contributed by atoms with Crippen LogP contribution >= 0.6 is 0 Å². The lowest BCUT2D eigenvalue weighted by molar-refractivity contribution is -0.157. The van der Waals surface area contributed by atoms with Crippen molar-refractivity contribution in [1.29, 1.82) is 0 Å². The molecule has 2 bridgehead atoms. The van der Waals surface area contributed by atoms with Crippen LogP contribution in [-0.2, 0) is 4.79 Å². The van der Waals surface area contributed by atoms with Crippen molar-refractivity contribution in [3.05, 3.63) is 29.8 Å². The number of carbonyl (C=O) groups is 2. The summed E-state index contributed by atoms with van der Waals surface area (Å²) in [5.74, 6) is 1.09. The lowest BCUT2D eigenvalue weighted by atomic mass is 9.59. The van der Waals surface area contributed by atoms with Gasteiger partial charge in [-0.2, -0.15) is 0 Å². The van der Waals surface area contributed by atoms with Gasteiger partial charge in [-0.1, -0.05) is 12.1 Å². The van der Waals surface area contributed by atoms with Crippen LogP contribution in [0.4, 0.5) is 0 Å². The average Bonchev–Trinajstić information content (AvgIpc) is 2.68. The van der Waals surface area contributed by atoms with Gasteiger partial charge in [-0.3, -0.25) is 9.59 Å². The molecule has 144 valence electrons. The maximum Gasteiger partial charge on any atom is 0.258 e. The third kappa shape index (κ3) is 2.73. The number of amides is 2. The molecular formula is C21H26N2O4. The van der Waals surface area contributed by atoms with E-state index in [1.807, 2.05) is 23.1 Å². The number of para-hydroxylation sites is 1. The highest BCUT2D eigenvalue weighted by Crippen LogP contribution is 2.52.